The van der Waals surface area contributed by atoms with Crippen LogP contribution in [-0.4, -0.2) is 14.0 Å². The minimum atomic E-state index is -2.26. The van der Waals surface area contributed by atoms with E-state index in [2.05, 4.69) is 4.36 Å². The fraction of sp³-hybridized carbons (Fsp3) is 1.00. The van der Waals surface area contributed by atoms with E-state index in [1.165, 1.54) is 0 Å². The molecule has 0 N–H and O–H groups in total. The summed E-state index contributed by atoms with van der Waals surface area (Å²) in [6, 6.07) is 0. The fourth-order valence-electron chi connectivity index (χ4n) is 0.224. The quantitative estimate of drug-likeness (QED) is 0.494. The molecule has 0 heterocycles. The highest BCUT2D eigenvalue weighted by atomic mass is 32.2. The van der Waals surface area contributed by atoms with Crippen LogP contribution in [-0.2, 0) is 10.5 Å². The molecular formula is C4H9NO2S. The van der Waals surface area contributed by atoms with Gasteiger partial charge in [0.1, 0.15) is 0 Å². The summed E-state index contributed by atoms with van der Waals surface area (Å²) in [5, 5.41) is 0. The van der Waals surface area contributed by atoms with E-state index in [0.717, 1.165) is 0 Å². The second-order valence-electron chi connectivity index (χ2n) is 2.48. The highest BCUT2D eigenvalue weighted by molar-refractivity contribution is 7.61. The third-order valence-corrected chi connectivity index (χ3v) is 1.05. The van der Waals surface area contributed by atoms with Gasteiger partial charge in [-0.2, -0.15) is 12.8 Å². The van der Waals surface area contributed by atoms with Gasteiger partial charge in [-0.05, 0) is 20.8 Å². The topological polar surface area (TPSA) is 46.5 Å². The number of hydrogen-bond donors (Lipinski definition) is 0. The van der Waals surface area contributed by atoms with E-state index in [1.54, 1.807) is 20.8 Å². The summed E-state index contributed by atoms with van der Waals surface area (Å²) in [7, 11) is -2.26. The maximum Gasteiger partial charge on any atom is 0.311 e. The second-order valence-corrected chi connectivity index (χ2v) is 3.10. The van der Waals surface area contributed by atoms with Crippen molar-refractivity contribution < 1.29 is 8.42 Å². The third kappa shape index (κ3) is 5.62. The van der Waals surface area contributed by atoms with Crippen molar-refractivity contribution in [1.29, 1.82) is 0 Å². The average molecular weight is 135 g/mol. The molecule has 48 valence electrons. The second kappa shape index (κ2) is 2.26. The number of nitrogens with zero attached hydrogens (tertiary/aromatic N) is 1. The van der Waals surface area contributed by atoms with Crippen LogP contribution in [0.15, 0.2) is 4.36 Å². The van der Waals surface area contributed by atoms with Gasteiger partial charge in [0.15, 0.2) is 0 Å². The Morgan fingerprint density at radius 3 is 1.62 bits per heavy atom. The predicted molar refractivity (Wildman–Crippen MR) is 31.1 cm³/mol. The Morgan fingerprint density at radius 2 is 1.62 bits per heavy atom. The molecule has 8 heavy (non-hydrogen) atoms. The highest BCUT2D eigenvalue weighted by Gasteiger charge is 2.05. The average Bonchev–Trinajstić information content (AvgIpc) is 1.21. The van der Waals surface area contributed by atoms with Crippen molar-refractivity contribution in [1.82, 2.24) is 0 Å². The van der Waals surface area contributed by atoms with E-state index in [1.807, 2.05) is 0 Å². The largest absolute Gasteiger partial charge is 0.311 e. The summed E-state index contributed by atoms with van der Waals surface area (Å²) in [4.78, 5) is 0. The van der Waals surface area contributed by atoms with E-state index in [0.29, 0.717) is 0 Å². The molecule has 0 aliphatic rings. The molecule has 0 fully saturated rings. The van der Waals surface area contributed by atoms with E-state index < -0.39 is 16.0 Å². The van der Waals surface area contributed by atoms with Crippen molar-refractivity contribution >= 4 is 10.5 Å². The van der Waals surface area contributed by atoms with E-state index in [-0.39, 0.29) is 0 Å². The molecule has 0 radical (unpaired) electrons. The summed E-state index contributed by atoms with van der Waals surface area (Å²) >= 11 is 0. The van der Waals surface area contributed by atoms with Gasteiger partial charge in [-0.3, -0.25) is 0 Å². The Labute approximate surface area is 50.4 Å². The van der Waals surface area contributed by atoms with Crippen molar-refractivity contribution in [3.63, 3.8) is 0 Å². The van der Waals surface area contributed by atoms with Gasteiger partial charge in [-0.1, -0.05) is 0 Å². The van der Waals surface area contributed by atoms with Gasteiger partial charge in [0.25, 0.3) is 0 Å². The molecule has 0 atom stereocenters. The molecular weight excluding hydrogens is 126 g/mol. The Hall–Kier alpha value is -0.380. The van der Waals surface area contributed by atoms with Crippen LogP contribution in [0.1, 0.15) is 20.8 Å². The van der Waals surface area contributed by atoms with Crippen LogP contribution in [0.25, 0.3) is 0 Å². The Kier molecular flexibility index (Phi) is 2.15. The van der Waals surface area contributed by atoms with E-state index in [9.17, 15) is 8.42 Å². The molecule has 0 unspecified atom stereocenters. The molecule has 4 heteroatoms. The smallest absolute Gasteiger partial charge is 0.166 e. The number of rotatable bonds is 0. The van der Waals surface area contributed by atoms with Crippen LogP contribution in [0.4, 0.5) is 0 Å². The maximum absolute atomic E-state index is 9.85. The van der Waals surface area contributed by atoms with Crippen molar-refractivity contribution in [2.45, 2.75) is 26.3 Å². The monoisotopic (exact) mass is 135 g/mol. The van der Waals surface area contributed by atoms with Crippen molar-refractivity contribution in [2.24, 2.45) is 4.36 Å². The summed E-state index contributed by atoms with van der Waals surface area (Å²) in [6.45, 7) is 5.18. The first-order valence-electron chi connectivity index (χ1n) is 2.24. The van der Waals surface area contributed by atoms with E-state index >= 15 is 0 Å². The molecule has 0 bridgehead atoms. The Bertz CT molecular complexity index is 177. The molecule has 0 rings (SSSR count). The van der Waals surface area contributed by atoms with Gasteiger partial charge < -0.3 is 0 Å². The van der Waals surface area contributed by atoms with Gasteiger partial charge in [-0.25, -0.2) is 0 Å². The van der Waals surface area contributed by atoms with Crippen molar-refractivity contribution in [3.05, 3.63) is 0 Å². The van der Waals surface area contributed by atoms with Crippen LogP contribution in [0.3, 0.4) is 0 Å². The molecule has 0 aromatic rings. The van der Waals surface area contributed by atoms with E-state index in [4.69, 9.17) is 0 Å². The molecule has 3 nitrogen and oxygen atoms in total. The first-order valence-corrected chi connectivity index (χ1v) is 3.27. The molecule has 0 spiro atoms. The van der Waals surface area contributed by atoms with Crippen LogP contribution < -0.4 is 0 Å². The lowest BCUT2D eigenvalue weighted by atomic mass is 10.1. The zero-order chi connectivity index (χ0) is 6.78. The lowest BCUT2D eigenvalue weighted by Crippen LogP contribution is -2.07. The maximum atomic E-state index is 9.85. The fourth-order valence-corrected chi connectivity index (χ4v) is 0.671. The van der Waals surface area contributed by atoms with Crippen LogP contribution in [0.2, 0.25) is 0 Å². The molecule has 0 saturated heterocycles. The summed E-state index contributed by atoms with van der Waals surface area (Å²) in [6.07, 6.45) is 0. The zero-order valence-corrected chi connectivity index (χ0v) is 5.99. The molecule has 0 aromatic heterocycles. The normalized spacial score (nSPS) is 10.9. The van der Waals surface area contributed by atoms with Gasteiger partial charge in [-0.15, -0.1) is 0 Å². The number of hydrogen-bond acceptors (Lipinski definition) is 3. The minimum absolute atomic E-state index is 0.466. The lowest BCUT2D eigenvalue weighted by Gasteiger charge is -2.05. The molecule has 0 aromatic carbocycles. The van der Waals surface area contributed by atoms with Crippen LogP contribution in [0, 0.1) is 0 Å². The standard InChI is InChI=1S/C4H9NO2S/c1-4(2,3)5-8(6)7/h1-3H3. The summed E-state index contributed by atoms with van der Waals surface area (Å²) in [5.74, 6) is 0. The zero-order valence-electron chi connectivity index (χ0n) is 5.17. The third-order valence-electron chi connectivity index (χ3n) is 0.348. The molecule has 0 aliphatic heterocycles. The SMILES string of the molecule is CC(C)(C)N=S(=O)=O. The van der Waals surface area contributed by atoms with Crippen molar-refractivity contribution in [2.75, 3.05) is 0 Å². The first-order chi connectivity index (χ1) is 3.42. The minimum Gasteiger partial charge on any atom is -0.166 e. The van der Waals surface area contributed by atoms with Crippen molar-refractivity contribution in [3.8, 4) is 0 Å². The Balaban J connectivity index is 4.34. The predicted octanol–water partition coefficient (Wildman–Crippen LogP) is 0.848. The lowest BCUT2D eigenvalue weighted by molar-refractivity contribution is 0.568. The molecule has 0 amide bonds. The van der Waals surface area contributed by atoms with Gasteiger partial charge in [0.05, 0.1) is 5.54 Å². The van der Waals surface area contributed by atoms with Crippen LogP contribution >= 0.6 is 0 Å². The highest BCUT2D eigenvalue weighted by Crippen LogP contribution is 2.04. The first kappa shape index (κ1) is 7.62. The Morgan fingerprint density at radius 1 is 1.25 bits per heavy atom. The molecule has 0 aliphatic carbocycles. The van der Waals surface area contributed by atoms with Gasteiger partial charge in [0, 0.05) is 0 Å². The van der Waals surface area contributed by atoms with Crippen LogP contribution in [0.5, 0.6) is 0 Å². The molecule has 0 saturated carbocycles. The van der Waals surface area contributed by atoms with Gasteiger partial charge in [0.2, 0.25) is 0 Å². The summed E-state index contributed by atoms with van der Waals surface area (Å²) < 4.78 is 23.0. The summed E-state index contributed by atoms with van der Waals surface area (Å²) in [5.41, 5.74) is -0.466. The van der Waals surface area contributed by atoms with Gasteiger partial charge >= 0.3 is 10.5 Å².